The van der Waals surface area contributed by atoms with Crippen LogP contribution in [0.4, 0.5) is 13.2 Å². The van der Waals surface area contributed by atoms with Crippen LogP contribution in [0.1, 0.15) is 34.9 Å². The lowest BCUT2D eigenvalue weighted by Gasteiger charge is -2.19. The Hall–Kier alpha value is -2.94. The van der Waals surface area contributed by atoms with E-state index >= 15 is 0 Å². The average molecular weight is 482 g/mol. The van der Waals surface area contributed by atoms with Crippen LogP contribution in [0.2, 0.25) is 0 Å². The van der Waals surface area contributed by atoms with Gasteiger partial charge in [-0.05, 0) is 38.2 Å². The summed E-state index contributed by atoms with van der Waals surface area (Å²) in [6, 6.07) is 5.70. The molecule has 1 aliphatic heterocycles. The molecule has 2 heterocycles. The molecule has 1 aliphatic rings. The maximum Gasteiger partial charge on any atom is 0.423 e. The Morgan fingerprint density at radius 3 is 2.58 bits per heavy atom. The molecule has 176 valence electrons. The van der Waals surface area contributed by atoms with E-state index < -0.39 is 41.4 Å². The normalized spacial score (nSPS) is 20.4. The maximum absolute atomic E-state index is 13.1. The number of hydrogen-bond acceptors (Lipinski definition) is 6. The minimum atomic E-state index is -4.94. The summed E-state index contributed by atoms with van der Waals surface area (Å²) in [6.07, 6.45) is -1.84. The van der Waals surface area contributed by atoms with Crippen molar-refractivity contribution in [3.8, 4) is 12.3 Å². The van der Waals surface area contributed by atoms with Gasteiger partial charge in [0.1, 0.15) is 31.1 Å². The topological polar surface area (TPSA) is 82.6 Å². The van der Waals surface area contributed by atoms with Crippen molar-refractivity contribution in [1.29, 1.82) is 0 Å². The summed E-state index contributed by atoms with van der Waals surface area (Å²) < 4.78 is 57.1. The van der Waals surface area contributed by atoms with Gasteiger partial charge in [0.15, 0.2) is 5.05 Å². The fourth-order valence-electron chi connectivity index (χ4n) is 3.59. The standard InChI is InChI=1S/C22H21F3N2O5S/c1-4-5-30-16-9-18(27-10-15(22(23,24)25)19(28)26-21(27)29)32-17(16)11-31-20(33)14-7-12(2)6-13(3)8-14/h1,6-8,10,16-18H,5,9,11H2,2-3H3,(H,26,28,29)/t16-,17+,18+/m0/s1. The molecule has 1 fully saturated rings. The first kappa shape index (κ1) is 24.7. The zero-order valence-electron chi connectivity index (χ0n) is 17.8. The van der Waals surface area contributed by atoms with Gasteiger partial charge in [-0.15, -0.1) is 6.42 Å². The number of benzene rings is 1. The lowest BCUT2D eigenvalue weighted by atomic mass is 10.1. The number of thiocarbonyl (C=S) groups is 1. The van der Waals surface area contributed by atoms with Crippen LogP contribution in [-0.4, -0.2) is 40.0 Å². The lowest BCUT2D eigenvalue weighted by molar-refractivity contribution is -0.139. The Morgan fingerprint density at radius 1 is 1.30 bits per heavy atom. The number of nitrogens with one attached hydrogen (secondary N) is 1. The van der Waals surface area contributed by atoms with Crippen molar-refractivity contribution in [2.75, 3.05) is 13.2 Å². The predicted octanol–water partition coefficient (Wildman–Crippen LogP) is 2.87. The monoisotopic (exact) mass is 482 g/mol. The third-order valence-corrected chi connectivity index (χ3v) is 5.33. The molecule has 2 aromatic rings. The molecule has 11 heteroatoms. The second-order valence-electron chi connectivity index (χ2n) is 7.60. The summed E-state index contributed by atoms with van der Waals surface area (Å²) in [6.45, 7) is 3.68. The van der Waals surface area contributed by atoms with E-state index in [-0.39, 0.29) is 24.7 Å². The Bertz CT molecular complexity index is 1180. The molecule has 3 atom stereocenters. The number of nitrogens with zero attached hydrogens (tertiary/aromatic N) is 1. The summed E-state index contributed by atoms with van der Waals surface area (Å²) in [5.74, 6) is 2.31. The zero-order valence-corrected chi connectivity index (χ0v) is 18.6. The van der Waals surface area contributed by atoms with E-state index in [2.05, 4.69) is 5.92 Å². The smallest absolute Gasteiger partial charge is 0.423 e. The highest BCUT2D eigenvalue weighted by Crippen LogP contribution is 2.32. The molecule has 1 N–H and O–H groups in total. The van der Waals surface area contributed by atoms with Gasteiger partial charge in [0.25, 0.3) is 5.56 Å². The Labute approximate surface area is 192 Å². The Kier molecular flexibility index (Phi) is 7.41. The number of rotatable bonds is 6. The number of H-pyrrole nitrogens is 1. The summed E-state index contributed by atoms with van der Waals surface area (Å²) in [5.41, 5.74) is -1.38. The number of ether oxygens (including phenoxy) is 3. The quantitative estimate of drug-likeness (QED) is 0.504. The highest BCUT2D eigenvalue weighted by atomic mass is 32.1. The van der Waals surface area contributed by atoms with E-state index in [0.29, 0.717) is 16.3 Å². The van der Waals surface area contributed by atoms with Gasteiger partial charge in [0.2, 0.25) is 0 Å². The summed E-state index contributed by atoms with van der Waals surface area (Å²) in [5, 5.41) is 0.213. The van der Waals surface area contributed by atoms with Gasteiger partial charge in [0, 0.05) is 18.2 Å². The van der Waals surface area contributed by atoms with Crippen molar-refractivity contribution >= 4 is 17.3 Å². The molecule has 1 saturated heterocycles. The summed E-state index contributed by atoms with van der Waals surface area (Å²) in [4.78, 5) is 25.4. The molecule has 0 bridgehead atoms. The number of alkyl halides is 3. The van der Waals surface area contributed by atoms with Crippen molar-refractivity contribution < 1.29 is 27.4 Å². The van der Waals surface area contributed by atoms with Crippen LogP contribution in [-0.2, 0) is 20.4 Å². The number of aryl methyl sites for hydroxylation is 2. The van der Waals surface area contributed by atoms with Crippen molar-refractivity contribution in [3.63, 3.8) is 0 Å². The first-order chi connectivity index (χ1) is 15.5. The van der Waals surface area contributed by atoms with E-state index in [1.54, 1.807) is 4.98 Å². The third kappa shape index (κ3) is 5.90. The predicted molar refractivity (Wildman–Crippen MR) is 117 cm³/mol. The first-order valence-electron chi connectivity index (χ1n) is 9.88. The van der Waals surface area contributed by atoms with E-state index in [9.17, 15) is 22.8 Å². The molecule has 0 spiro atoms. The van der Waals surface area contributed by atoms with Gasteiger partial charge in [-0.1, -0.05) is 23.1 Å². The van der Waals surface area contributed by atoms with E-state index in [1.807, 2.05) is 32.0 Å². The Morgan fingerprint density at radius 2 is 1.97 bits per heavy atom. The van der Waals surface area contributed by atoms with Gasteiger partial charge in [-0.25, -0.2) is 4.79 Å². The second kappa shape index (κ2) is 9.91. The zero-order chi connectivity index (χ0) is 24.3. The van der Waals surface area contributed by atoms with Crippen molar-refractivity contribution in [2.24, 2.45) is 0 Å². The van der Waals surface area contributed by atoms with Crippen molar-refractivity contribution in [3.05, 3.63) is 67.5 Å². The molecule has 0 aliphatic carbocycles. The number of hydrogen-bond donors (Lipinski definition) is 1. The van der Waals surface area contributed by atoms with E-state index in [0.717, 1.165) is 11.1 Å². The van der Waals surface area contributed by atoms with Crippen molar-refractivity contribution in [2.45, 2.75) is 44.9 Å². The minimum absolute atomic E-state index is 0.00920. The van der Waals surface area contributed by atoms with Crippen LogP contribution in [0.25, 0.3) is 0 Å². The Balaban J connectivity index is 1.80. The van der Waals surface area contributed by atoms with Crippen molar-refractivity contribution in [1.82, 2.24) is 9.55 Å². The molecule has 1 aromatic heterocycles. The maximum atomic E-state index is 13.1. The third-order valence-electron chi connectivity index (χ3n) is 4.98. The van der Waals surface area contributed by atoms with E-state index in [4.69, 9.17) is 32.9 Å². The van der Waals surface area contributed by atoms with Crippen LogP contribution >= 0.6 is 12.2 Å². The first-order valence-corrected chi connectivity index (χ1v) is 10.3. The number of halogens is 3. The SMILES string of the molecule is C#CCO[C@H]1C[C@H](n2cc(C(F)(F)F)c(=O)[nH]c2=O)O[C@@H]1COC(=S)c1cc(C)cc(C)c1. The minimum Gasteiger partial charge on any atom is -0.480 e. The number of terminal acetylenes is 1. The molecule has 1 aromatic carbocycles. The molecule has 3 rings (SSSR count). The highest BCUT2D eigenvalue weighted by Gasteiger charge is 2.40. The number of aromatic nitrogens is 2. The van der Waals surface area contributed by atoms with E-state index in [1.165, 1.54) is 0 Å². The fraction of sp³-hybridized carbons (Fsp3) is 0.409. The van der Waals surface area contributed by atoms with Crippen LogP contribution in [0.3, 0.4) is 0 Å². The summed E-state index contributed by atoms with van der Waals surface area (Å²) in [7, 11) is 0. The van der Waals surface area contributed by atoms with Gasteiger partial charge < -0.3 is 14.2 Å². The lowest BCUT2D eigenvalue weighted by Crippen LogP contribution is -2.36. The van der Waals surface area contributed by atoms with Gasteiger partial charge in [-0.3, -0.25) is 14.3 Å². The van der Waals surface area contributed by atoms with Crippen LogP contribution in [0, 0.1) is 26.2 Å². The van der Waals surface area contributed by atoms with Gasteiger partial charge in [0.05, 0.1) is 6.10 Å². The van der Waals surface area contributed by atoms with Crippen LogP contribution in [0.15, 0.2) is 34.0 Å². The van der Waals surface area contributed by atoms with Crippen LogP contribution in [0.5, 0.6) is 0 Å². The molecule has 0 saturated carbocycles. The molecule has 0 unspecified atom stereocenters. The van der Waals surface area contributed by atoms with Gasteiger partial charge in [-0.2, -0.15) is 13.2 Å². The molecular formula is C22H21F3N2O5S. The van der Waals surface area contributed by atoms with Gasteiger partial charge >= 0.3 is 11.9 Å². The fourth-order valence-corrected chi connectivity index (χ4v) is 3.77. The molecule has 7 nitrogen and oxygen atoms in total. The number of aromatic amines is 1. The average Bonchev–Trinajstić information content (AvgIpc) is 3.11. The molecule has 0 radical (unpaired) electrons. The second-order valence-corrected chi connectivity index (χ2v) is 7.97. The molecular weight excluding hydrogens is 461 g/mol. The highest BCUT2D eigenvalue weighted by molar-refractivity contribution is 7.80. The summed E-state index contributed by atoms with van der Waals surface area (Å²) >= 11 is 5.35. The molecule has 0 amide bonds. The largest absolute Gasteiger partial charge is 0.480 e. The molecule has 33 heavy (non-hydrogen) atoms. The van der Waals surface area contributed by atoms with Crippen LogP contribution < -0.4 is 11.2 Å².